The Bertz CT molecular complexity index is 539. The molecule has 18 heavy (non-hydrogen) atoms. The molecule has 2 aromatic heterocycles. The summed E-state index contributed by atoms with van der Waals surface area (Å²) in [5.74, 6) is 0.670. The number of nitrogens with one attached hydrogen (secondary N) is 1. The van der Waals surface area contributed by atoms with Crippen molar-refractivity contribution in [3.8, 4) is 6.07 Å². The highest BCUT2D eigenvalue weighted by Crippen LogP contribution is 2.14. The highest BCUT2D eigenvalue weighted by atomic mass is 15.0. The van der Waals surface area contributed by atoms with Gasteiger partial charge in [0, 0.05) is 31.7 Å². The van der Waals surface area contributed by atoms with E-state index in [2.05, 4.69) is 21.4 Å². The lowest BCUT2D eigenvalue weighted by Crippen LogP contribution is -2.08. The number of hydrogen-bond donors (Lipinski definition) is 1. The molecule has 0 spiro atoms. The minimum absolute atomic E-state index is 0.625. The van der Waals surface area contributed by atoms with Crippen LogP contribution in [0.25, 0.3) is 0 Å². The van der Waals surface area contributed by atoms with E-state index in [0.717, 1.165) is 25.1 Å². The molecule has 0 amide bonds. The largest absolute Gasteiger partial charge is 0.369 e. The van der Waals surface area contributed by atoms with Crippen LogP contribution >= 0.6 is 0 Å². The second kappa shape index (κ2) is 5.82. The van der Waals surface area contributed by atoms with Gasteiger partial charge in [-0.1, -0.05) is 0 Å². The third-order valence-electron chi connectivity index (χ3n) is 2.72. The maximum absolute atomic E-state index is 9.06. The molecule has 2 heterocycles. The van der Waals surface area contributed by atoms with Gasteiger partial charge in [0.05, 0.1) is 11.9 Å². The number of rotatable bonds is 5. The van der Waals surface area contributed by atoms with Gasteiger partial charge in [-0.05, 0) is 25.0 Å². The van der Waals surface area contributed by atoms with Crippen LogP contribution in [0, 0.1) is 18.3 Å². The normalized spacial score (nSPS) is 10.0. The first kappa shape index (κ1) is 12.1. The molecule has 0 unspecified atom stereocenters. The second-order valence-corrected chi connectivity index (χ2v) is 4.04. The van der Waals surface area contributed by atoms with Crippen molar-refractivity contribution < 1.29 is 0 Å². The summed E-state index contributed by atoms with van der Waals surface area (Å²) in [7, 11) is 0. The number of imidazole rings is 1. The Balaban J connectivity index is 1.87. The fourth-order valence-corrected chi connectivity index (χ4v) is 1.72. The highest BCUT2D eigenvalue weighted by Gasteiger charge is 2.05. The molecular formula is C13H15N5. The van der Waals surface area contributed by atoms with Crippen LogP contribution in [0.4, 0.5) is 5.82 Å². The van der Waals surface area contributed by atoms with Gasteiger partial charge in [0.15, 0.2) is 0 Å². The van der Waals surface area contributed by atoms with Crippen LogP contribution in [0.5, 0.6) is 0 Å². The third-order valence-corrected chi connectivity index (χ3v) is 2.72. The third kappa shape index (κ3) is 2.86. The van der Waals surface area contributed by atoms with Gasteiger partial charge in [-0.3, -0.25) is 0 Å². The quantitative estimate of drug-likeness (QED) is 0.813. The molecule has 0 radical (unpaired) electrons. The Kier molecular flexibility index (Phi) is 3.92. The molecule has 0 fully saturated rings. The Morgan fingerprint density at radius 3 is 3.06 bits per heavy atom. The van der Waals surface area contributed by atoms with Gasteiger partial charge in [-0.15, -0.1) is 0 Å². The standard InChI is InChI=1S/C13H15N5/c1-11-3-5-17-13(12(11)9-14)16-4-2-7-18-8-6-15-10-18/h3,5-6,8,10H,2,4,7H2,1H3,(H,16,17). The van der Waals surface area contributed by atoms with Gasteiger partial charge in [0.2, 0.25) is 0 Å². The molecule has 92 valence electrons. The summed E-state index contributed by atoms with van der Waals surface area (Å²) >= 11 is 0. The van der Waals surface area contributed by atoms with Crippen molar-refractivity contribution >= 4 is 5.82 Å². The van der Waals surface area contributed by atoms with Gasteiger partial charge in [-0.2, -0.15) is 5.26 Å². The first-order valence-electron chi connectivity index (χ1n) is 5.86. The van der Waals surface area contributed by atoms with Gasteiger partial charge >= 0.3 is 0 Å². The van der Waals surface area contributed by atoms with E-state index >= 15 is 0 Å². The molecule has 5 heteroatoms. The van der Waals surface area contributed by atoms with Gasteiger partial charge in [0.1, 0.15) is 11.9 Å². The lowest BCUT2D eigenvalue weighted by Gasteiger charge is -2.08. The summed E-state index contributed by atoms with van der Waals surface area (Å²) in [5, 5.41) is 12.3. The van der Waals surface area contributed by atoms with Crippen molar-refractivity contribution in [1.29, 1.82) is 5.26 Å². The second-order valence-electron chi connectivity index (χ2n) is 4.04. The van der Waals surface area contributed by atoms with Crippen molar-refractivity contribution in [2.24, 2.45) is 0 Å². The molecule has 0 bridgehead atoms. The molecule has 0 aliphatic rings. The molecule has 0 aliphatic carbocycles. The summed E-state index contributed by atoms with van der Waals surface area (Å²) < 4.78 is 2.02. The highest BCUT2D eigenvalue weighted by molar-refractivity contribution is 5.55. The van der Waals surface area contributed by atoms with Crippen molar-refractivity contribution in [3.63, 3.8) is 0 Å². The van der Waals surface area contributed by atoms with E-state index in [-0.39, 0.29) is 0 Å². The molecule has 0 saturated carbocycles. The topological polar surface area (TPSA) is 66.5 Å². The molecule has 2 rings (SSSR count). The van der Waals surface area contributed by atoms with Crippen molar-refractivity contribution in [2.75, 3.05) is 11.9 Å². The number of nitriles is 1. The van der Waals surface area contributed by atoms with E-state index in [1.807, 2.05) is 23.8 Å². The molecule has 0 aromatic carbocycles. The smallest absolute Gasteiger partial charge is 0.144 e. The van der Waals surface area contributed by atoms with Gasteiger partial charge in [0.25, 0.3) is 0 Å². The Hall–Kier alpha value is -2.35. The number of nitrogens with zero attached hydrogens (tertiary/aromatic N) is 4. The van der Waals surface area contributed by atoms with E-state index in [4.69, 9.17) is 5.26 Å². The monoisotopic (exact) mass is 241 g/mol. The molecule has 0 saturated heterocycles. The van der Waals surface area contributed by atoms with Gasteiger partial charge in [-0.25, -0.2) is 9.97 Å². The first-order valence-corrected chi connectivity index (χ1v) is 5.86. The first-order chi connectivity index (χ1) is 8.81. The van der Waals surface area contributed by atoms with Crippen molar-refractivity contribution in [2.45, 2.75) is 19.9 Å². The fraction of sp³-hybridized carbons (Fsp3) is 0.308. The minimum Gasteiger partial charge on any atom is -0.369 e. The molecular weight excluding hydrogens is 226 g/mol. The minimum atomic E-state index is 0.625. The average Bonchev–Trinajstić information content (AvgIpc) is 2.88. The van der Waals surface area contributed by atoms with Crippen molar-refractivity contribution in [3.05, 3.63) is 42.1 Å². The van der Waals surface area contributed by atoms with Crippen LogP contribution in [0.1, 0.15) is 17.5 Å². The maximum Gasteiger partial charge on any atom is 0.144 e. The molecule has 0 aliphatic heterocycles. The number of pyridine rings is 1. The van der Waals surface area contributed by atoms with E-state index in [9.17, 15) is 0 Å². The lowest BCUT2D eigenvalue weighted by atomic mass is 10.1. The summed E-state index contributed by atoms with van der Waals surface area (Å²) in [5.41, 5.74) is 1.57. The molecule has 5 nitrogen and oxygen atoms in total. The summed E-state index contributed by atoms with van der Waals surface area (Å²) in [6, 6.07) is 4.02. The van der Waals surface area contributed by atoms with Crippen LogP contribution < -0.4 is 5.32 Å². The van der Waals surface area contributed by atoms with E-state index in [0.29, 0.717) is 11.4 Å². The molecule has 0 atom stereocenters. The zero-order valence-corrected chi connectivity index (χ0v) is 10.3. The maximum atomic E-state index is 9.06. The van der Waals surface area contributed by atoms with E-state index < -0.39 is 0 Å². The predicted octanol–water partition coefficient (Wildman–Crippen LogP) is 1.96. The predicted molar refractivity (Wildman–Crippen MR) is 69.0 cm³/mol. The number of aromatic nitrogens is 3. The van der Waals surface area contributed by atoms with Crippen LogP contribution in [-0.2, 0) is 6.54 Å². The fourth-order valence-electron chi connectivity index (χ4n) is 1.72. The molecule has 2 aromatic rings. The Morgan fingerprint density at radius 1 is 1.44 bits per heavy atom. The summed E-state index contributed by atoms with van der Waals surface area (Å²) in [6.07, 6.45) is 8.17. The Labute approximate surface area is 106 Å². The van der Waals surface area contributed by atoms with E-state index in [1.54, 1.807) is 18.7 Å². The van der Waals surface area contributed by atoms with Crippen LogP contribution in [0.2, 0.25) is 0 Å². The average molecular weight is 241 g/mol. The Morgan fingerprint density at radius 2 is 2.33 bits per heavy atom. The SMILES string of the molecule is Cc1ccnc(NCCCn2ccnc2)c1C#N. The van der Waals surface area contributed by atoms with E-state index in [1.165, 1.54) is 0 Å². The summed E-state index contributed by atoms with van der Waals surface area (Å²) in [6.45, 7) is 3.60. The van der Waals surface area contributed by atoms with Crippen LogP contribution in [-0.4, -0.2) is 21.1 Å². The van der Waals surface area contributed by atoms with Crippen LogP contribution in [0.15, 0.2) is 31.0 Å². The number of hydrogen-bond acceptors (Lipinski definition) is 4. The van der Waals surface area contributed by atoms with Crippen molar-refractivity contribution in [1.82, 2.24) is 14.5 Å². The van der Waals surface area contributed by atoms with Gasteiger partial charge < -0.3 is 9.88 Å². The summed E-state index contributed by atoms with van der Waals surface area (Å²) in [4.78, 5) is 8.18. The zero-order valence-electron chi connectivity index (χ0n) is 10.3. The zero-order chi connectivity index (χ0) is 12.8. The van der Waals surface area contributed by atoms with Crippen LogP contribution in [0.3, 0.4) is 0 Å². The number of aryl methyl sites for hydroxylation is 2. The lowest BCUT2D eigenvalue weighted by molar-refractivity contribution is 0.660. The molecule has 1 N–H and O–H groups in total. The number of anilines is 1.